The summed E-state index contributed by atoms with van der Waals surface area (Å²) in [7, 11) is 1.37. The Morgan fingerprint density at radius 2 is 1.88 bits per heavy atom. The van der Waals surface area contributed by atoms with Crippen LogP contribution in [0.25, 0.3) is 11.1 Å². The Balaban J connectivity index is 2.37. The van der Waals surface area contributed by atoms with Crippen molar-refractivity contribution in [3.63, 3.8) is 0 Å². The number of hydrogen-bond acceptors (Lipinski definition) is 2. The Labute approximate surface area is 100 Å². The Hall–Kier alpha value is -2.03. The zero-order chi connectivity index (χ0) is 12.4. The first-order valence-corrected chi connectivity index (χ1v) is 5.46. The molecular formula is C14H15NO2. The molecule has 3 nitrogen and oxygen atoms in total. The average Bonchev–Trinajstić information content (AvgIpc) is 2.81. The van der Waals surface area contributed by atoms with E-state index in [1.807, 2.05) is 12.3 Å². The third-order valence-electron chi connectivity index (χ3n) is 2.93. The molecule has 0 amide bonds. The number of carbonyl (C=O) groups is 1. The molecule has 0 aliphatic carbocycles. The van der Waals surface area contributed by atoms with Crippen LogP contribution in [0.5, 0.6) is 0 Å². The molecule has 0 radical (unpaired) electrons. The van der Waals surface area contributed by atoms with Gasteiger partial charge in [-0.05, 0) is 36.6 Å². The summed E-state index contributed by atoms with van der Waals surface area (Å²) in [6.07, 6.45) is 1.82. The highest BCUT2D eigenvalue weighted by molar-refractivity contribution is 5.89. The predicted octanol–water partition coefficient (Wildman–Crippen LogP) is 3.09. The van der Waals surface area contributed by atoms with Crippen molar-refractivity contribution in [3.05, 3.63) is 47.3 Å². The highest BCUT2D eigenvalue weighted by Gasteiger charge is 2.09. The number of aryl methyl sites for hydroxylation is 2. The highest BCUT2D eigenvalue weighted by atomic mass is 16.5. The van der Waals surface area contributed by atoms with Crippen LogP contribution in [-0.4, -0.2) is 18.1 Å². The van der Waals surface area contributed by atoms with Gasteiger partial charge in [-0.2, -0.15) is 0 Å². The number of H-pyrrole nitrogens is 1. The Morgan fingerprint density at radius 1 is 1.12 bits per heavy atom. The first-order chi connectivity index (χ1) is 8.11. The molecule has 1 heterocycles. The van der Waals surface area contributed by atoms with E-state index >= 15 is 0 Å². The molecule has 0 fully saturated rings. The van der Waals surface area contributed by atoms with Crippen molar-refractivity contribution in [3.8, 4) is 11.1 Å². The number of benzene rings is 1. The van der Waals surface area contributed by atoms with Gasteiger partial charge in [-0.1, -0.05) is 18.2 Å². The number of nitrogens with one attached hydrogen (secondary N) is 1. The number of aromatic amines is 1. The van der Waals surface area contributed by atoms with Gasteiger partial charge in [0.25, 0.3) is 0 Å². The SMILES string of the molecule is COC(=O)c1cc(-c2ccc(C)c(C)c2)c[nH]1. The number of hydrogen-bond donors (Lipinski definition) is 1. The van der Waals surface area contributed by atoms with Gasteiger partial charge in [0, 0.05) is 11.8 Å². The lowest BCUT2D eigenvalue weighted by molar-refractivity contribution is 0.0595. The summed E-state index contributed by atoms with van der Waals surface area (Å²) in [5.74, 6) is -0.347. The lowest BCUT2D eigenvalue weighted by Crippen LogP contribution is -2.00. The highest BCUT2D eigenvalue weighted by Crippen LogP contribution is 2.23. The monoisotopic (exact) mass is 229 g/mol. The van der Waals surface area contributed by atoms with E-state index in [-0.39, 0.29) is 5.97 Å². The van der Waals surface area contributed by atoms with Crippen LogP contribution >= 0.6 is 0 Å². The van der Waals surface area contributed by atoms with Crippen molar-refractivity contribution in [2.24, 2.45) is 0 Å². The van der Waals surface area contributed by atoms with Gasteiger partial charge < -0.3 is 9.72 Å². The Bertz CT molecular complexity index is 555. The molecule has 1 N–H and O–H groups in total. The molecule has 17 heavy (non-hydrogen) atoms. The fourth-order valence-corrected chi connectivity index (χ4v) is 1.71. The quantitative estimate of drug-likeness (QED) is 0.804. The Kier molecular flexibility index (Phi) is 3.00. The van der Waals surface area contributed by atoms with Gasteiger partial charge in [0.15, 0.2) is 0 Å². The minimum absolute atomic E-state index is 0.347. The largest absolute Gasteiger partial charge is 0.464 e. The third-order valence-corrected chi connectivity index (χ3v) is 2.93. The van der Waals surface area contributed by atoms with Gasteiger partial charge in [-0.25, -0.2) is 4.79 Å². The zero-order valence-electron chi connectivity index (χ0n) is 10.2. The van der Waals surface area contributed by atoms with Gasteiger partial charge in [0.05, 0.1) is 7.11 Å². The van der Waals surface area contributed by atoms with Crippen molar-refractivity contribution >= 4 is 5.97 Å². The van der Waals surface area contributed by atoms with Crippen molar-refractivity contribution in [2.75, 3.05) is 7.11 Å². The number of esters is 1. The maximum Gasteiger partial charge on any atom is 0.354 e. The van der Waals surface area contributed by atoms with E-state index in [4.69, 9.17) is 0 Å². The second kappa shape index (κ2) is 4.45. The molecule has 3 heteroatoms. The lowest BCUT2D eigenvalue weighted by Gasteiger charge is -2.02. The number of ether oxygens (including phenoxy) is 1. The summed E-state index contributed by atoms with van der Waals surface area (Å²) >= 11 is 0. The van der Waals surface area contributed by atoms with Gasteiger partial charge in [0.2, 0.25) is 0 Å². The van der Waals surface area contributed by atoms with Crippen LogP contribution in [0.4, 0.5) is 0 Å². The maximum atomic E-state index is 11.3. The molecule has 0 spiro atoms. The van der Waals surface area contributed by atoms with Crippen molar-refractivity contribution in [1.29, 1.82) is 0 Å². The predicted molar refractivity (Wildman–Crippen MR) is 67.0 cm³/mol. The molecule has 88 valence electrons. The van der Waals surface area contributed by atoms with Crippen LogP contribution in [-0.2, 0) is 4.74 Å². The van der Waals surface area contributed by atoms with Gasteiger partial charge >= 0.3 is 5.97 Å². The van der Waals surface area contributed by atoms with E-state index in [2.05, 4.69) is 35.7 Å². The number of methoxy groups -OCH3 is 1. The first kappa shape index (κ1) is 11.5. The molecule has 0 aliphatic rings. The van der Waals surface area contributed by atoms with Crippen LogP contribution in [0.3, 0.4) is 0 Å². The van der Waals surface area contributed by atoms with Gasteiger partial charge in [-0.3, -0.25) is 0 Å². The van der Waals surface area contributed by atoms with Crippen molar-refractivity contribution in [1.82, 2.24) is 4.98 Å². The van der Waals surface area contributed by atoms with Crippen LogP contribution in [0.1, 0.15) is 21.6 Å². The van der Waals surface area contributed by atoms with E-state index in [9.17, 15) is 4.79 Å². The lowest BCUT2D eigenvalue weighted by atomic mass is 10.0. The average molecular weight is 229 g/mol. The maximum absolute atomic E-state index is 11.3. The topological polar surface area (TPSA) is 42.1 Å². The van der Waals surface area contributed by atoms with Crippen LogP contribution < -0.4 is 0 Å². The molecule has 2 aromatic rings. The van der Waals surface area contributed by atoms with Gasteiger partial charge in [0.1, 0.15) is 5.69 Å². The number of rotatable bonds is 2. The minimum atomic E-state index is -0.347. The number of carbonyl (C=O) groups excluding carboxylic acids is 1. The molecule has 0 bridgehead atoms. The van der Waals surface area contributed by atoms with Crippen molar-refractivity contribution < 1.29 is 9.53 Å². The molecule has 2 rings (SSSR count). The zero-order valence-corrected chi connectivity index (χ0v) is 10.2. The molecule has 1 aromatic heterocycles. The van der Waals surface area contributed by atoms with E-state index in [1.54, 1.807) is 6.07 Å². The Morgan fingerprint density at radius 3 is 2.53 bits per heavy atom. The fraction of sp³-hybridized carbons (Fsp3) is 0.214. The van der Waals surface area contributed by atoms with E-state index in [0.29, 0.717) is 5.69 Å². The first-order valence-electron chi connectivity index (χ1n) is 5.46. The summed E-state index contributed by atoms with van der Waals surface area (Å²) in [5, 5.41) is 0. The minimum Gasteiger partial charge on any atom is -0.464 e. The second-order valence-electron chi connectivity index (χ2n) is 4.09. The molecular weight excluding hydrogens is 214 g/mol. The van der Waals surface area contributed by atoms with Crippen LogP contribution in [0.2, 0.25) is 0 Å². The van der Waals surface area contributed by atoms with E-state index in [0.717, 1.165) is 11.1 Å². The molecule has 0 saturated heterocycles. The summed E-state index contributed by atoms with van der Waals surface area (Å²) in [6.45, 7) is 4.16. The fourth-order valence-electron chi connectivity index (χ4n) is 1.71. The van der Waals surface area contributed by atoms with E-state index in [1.165, 1.54) is 18.2 Å². The van der Waals surface area contributed by atoms with E-state index < -0.39 is 0 Å². The molecule has 0 aliphatic heterocycles. The summed E-state index contributed by atoms with van der Waals surface area (Å²) in [5.41, 5.74) is 5.06. The summed E-state index contributed by atoms with van der Waals surface area (Å²) < 4.78 is 4.66. The normalized spacial score (nSPS) is 10.3. The smallest absolute Gasteiger partial charge is 0.354 e. The second-order valence-corrected chi connectivity index (χ2v) is 4.09. The summed E-state index contributed by atoms with van der Waals surface area (Å²) in [6, 6.07) is 8.04. The molecule has 0 saturated carbocycles. The van der Waals surface area contributed by atoms with Crippen LogP contribution in [0.15, 0.2) is 30.5 Å². The van der Waals surface area contributed by atoms with Gasteiger partial charge in [-0.15, -0.1) is 0 Å². The third kappa shape index (κ3) is 2.23. The summed E-state index contributed by atoms with van der Waals surface area (Å²) in [4.78, 5) is 14.2. The van der Waals surface area contributed by atoms with Crippen LogP contribution in [0, 0.1) is 13.8 Å². The molecule has 0 unspecified atom stereocenters. The molecule has 0 atom stereocenters. The standard InChI is InChI=1S/C14H15NO2/c1-9-4-5-11(6-10(9)2)12-7-13(15-8-12)14(16)17-3/h4-8,15H,1-3H3. The molecule has 1 aromatic carbocycles. The number of aromatic nitrogens is 1. The van der Waals surface area contributed by atoms with Crippen molar-refractivity contribution in [2.45, 2.75) is 13.8 Å².